The van der Waals surface area contributed by atoms with E-state index in [0.717, 1.165) is 32.6 Å². The minimum absolute atomic E-state index is 0.128. The third-order valence-corrected chi connectivity index (χ3v) is 6.58. The maximum atomic E-state index is 13.2. The molecule has 5 nitrogen and oxygen atoms in total. The Morgan fingerprint density at radius 2 is 1.91 bits per heavy atom. The van der Waals surface area contributed by atoms with Crippen LogP contribution in [-0.2, 0) is 10.3 Å². The molecule has 0 spiro atoms. The molecule has 0 aliphatic carbocycles. The van der Waals surface area contributed by atoms with Crippen molar-refractivity contribution in [1.82, 2.24) is 4.90 Å². The van der Waals surface area contributed by atoms with E-state index in [4.69, 9.17) is 4.74 Å². The van der Waals surface area contributed by atoms with Gasteiger partial charge >= 0.3 is 6.09 Å². The van der Waals surface area contributed by atoms with Crippen LogP contribution in [0.5, 0.6) is 0 Å². The lowest BCUT2D eigenvalue weighted by molar-refractivity contribution is -0.504. The minimum atomic E-state index is -0.675. The van der Waals surface area contributed by atoms with Crippen molar-refractivity contribution >= 4 is 11.7 Å². The molecule has 2 aliphatic heterocycles. The first kappa shape index (κ1) is 22.7. The Morgan fingerprint density at radius 1 is 1.21 bits per heavy atom. The van der Waals surface area contributed by atoms with E-state index in [1.165, 1.54) is 0 Å². The highest BCUT2D eigenvalue weighted by Gasteiger charge is 2.43. The Hall–Kier alpha value is -3.47. The van der Waals surface area contributed by atoms with Crippen molar-refractivity contribution in [1.29, 1.82) is 0 Å². The van der Waals surface area contributed by atoms with E-state index in [2.05, 4.69) is 6.58 Å². The van der Waals surface area contributed by atoms with Gasteiger partial charge in [0.2, 0.25) is 12.2 Å². The first-order chi connectivity index (χ1) is 15.8. The minimum Gasteiger partial charge on any atom is -0.437 e. The number of benzene rings is 2. The number of hydrogen-bond donors (Lipinski definition) is 0. The van der Waals surface area contributed by atoms with Gasteiger partial charge < -0.3 is 9.64 Å². The molecule has 0 N–H and O–H groups in total. The molecule has 0 bridgehead atoms. The predicted molar refractivity (Wildman–Crippen MR) is 130 cm³/mol. The lowest BCUT2D eigenvalue weighted by atomic mass is 9.83. The van der Waals surface area contributed by atoms with Crippen LogP contribution in [0.4, 0.5) is 4.79 Å². The fourth-order valence-electron chi connectivity index (χ4n) is 4.61. The van der Waals surface area contributed by atoms with Crippen molar-refractivity contribution in [2.24, 2.45) is 0 Å². The van der Waals surface area contributed by atoms with Crippen molar-refractivity contribution in [3.8, 4) is 0 Å². The zero-order chi connectivity index (χ0) is 23.6. The Labute approximate surface area is 195 Å². The van der Waals surface area contributed by atoms with E-state index in [1.54, 1.807) is 11.1 Å². The van der Waals surface area contributed by atoms with E-state index >= 15 is 0 Å². The van der Waals surface area contributed by atoms with Crippen molar-refractivity contribution in [3.63, 3.8) is 0 Å². The molecule has 33 heavy (non-hydrogen) atoms. The number of hydrogen-bond acceptors (Lipinski definition) is 3. The van der Waals surface area contributed by atoms with Crippen LogP contribution in [-0.4, -0.2) is 28.3 Å². The molecule has 0 radical (unpaired) electrons. The standard InChI is InChI=1S/C28H31N2O3/c1-20(2)18-28(26-8-6-5-7-9-26)16-17-29(27(31)33-28)22(4)23-12-14-24(15-13-23)25-11-10-21(3)30(32)19-25/h5-15,19,21-22H,1,16-18H2,2-4H3/q+1/t21?,22-,28-/m0/s1. The molecular formula is C28H31N2O3+. The molecule has 5 heteroatoms. The molecular weight excluding hydrogens is 412 g/mol. The van der Waals surface area contributed by atoms with Gasteiger partial charge in [0.05, 0.1) is 11.6 Å². The summed E-state index contributed by atoms with van der Waals surface area (Å²) in [6.45, 7) is 10.5. The molecule has 2 aromatic rings. The average Bonchev–Trinajstić information content (AvgIpc) is 2.81. The molecule has 1 unspecified atom stereocenters. The Morgan fingerprint density at radius 3 is 2.52 bits per heavy atom. The van der Waals surface area contributed by atoms with Crippen LogP contribution in [0.2, 0.25) is 0 Å². The van der Waals surface area contributed by atoms with Gasteiger partial charge in [0.25, 0.3) is 0 Å². The van der Waals surface area contributed by atoms with E-state index in [0.29, 0.717) is 19.4 Å². The van der Waals surface area contributed by atoms with Gasteiger partial charge in [-0.3, -0.25) is 0 Å². The molecule has 170 valence electrons. The molecule has 1 fully saturated rings. The number of amides is 1. The van der Waals surface area contributed by atoms with E-state index in [-0.39, 0.29) is 18.2 Å². The van der Waals surface area contributed by atoms with Crippen molar-refractivity contribution < 1.29 is 14.3 Å². The summed E-state index contributed by atoms with van der Waals surface area (Å²) in [5.41, 5.74) is 4.20. The van der Waals surface area contributed by atoms with Gasteiger partial charge in [-0.15, -0.1) is 0 Å². The highest BCUT2D eigenvalue weighted by molar-refractivity contribution is 5.74. The van der Waals surface area contributed by atoms with Gasteiger partial charge in [0.1, 0.15) is 5.60 Å². The zero-order valence-electron chi connectivity index (χ0n) is 19.5. The van der Waals surface area contributed by atoms with Gasteiger partial charge in [-0.2, -0.15) is 0 Å². The molecule has 0 saturated carbocycles. The summed E-state index contributed by atoms with van der Waals surface area (Å²) in [6, 6.07) is 17.7. The van der Waals surface area contributed by atoms with Crippen LogP contribution >= 0.6 is 0 Å². The van der Waals surface area contributed by atoms with Crippen LogP contribution in [0.1, 0.15) is 56.3 Å². The summed E-state index contributed by atoms with van der Waals surface area (Å²) in [7, 11) is 0. The number of carbonyl (C=O) groups is 1. The maximum absolute atomic E-state index is 13.2. The molecule has 2 aliphatic rings. The smallest absolute Gasteiger partial charge is 0.411 e. The molecule has 2 aromatic carbocycles. The van der Waals surface area contributed by atoms with Crippen molar-refractivity contribution in [3.05, 3.63) is 107 Å². The number of rotatable bonds is 6. The summed E-state index contributed by atoms with van der Waals surface area (Å²) in [6.07, 6.45) is 6.49. The first-order valence-corrected chi connectivity index (χ1v) is 11.4. The maximum Gasteiger partial charge on any atom is 0.411 e. The van der Waals surface area contributed by atoms with Gasteiger partial charge in [-0.05, 0) is 42.7 Å². The van der Waals surface area contributed by atoms with Crippen LogP contribution in [0.25, 0.3) is 5.57 Å². The number of carbonyl (C=O) groups excluding carboxylic acids is 1. The lowest BCUT2D eigenvalue weighted by Gasteiger charge is -2.43. The van der Waals surface area contributed by atoms with Crippen LogP contribution in [0.15, 0.2) is 85.1 Å². The zero-order valence-corrected chi connectivity index (χ0v) is 19.5. The van der Waals surface area contributed by atoms with Crippen molar-refractivity contribution in [2.45, 2.75) is 51.3 Å². The van der Waals surface area contributed by atoms with Gasteiger partial charge in [0, 0.05) is 36.0 Å². The van der Waals surface area contributed by atoms with E-state index in [9.17, 15) is 9.70 Å². The van der Waals surface area contributed by atoms with Crippen LogP contribution < -0.4 is 0 Å². The monoisotopic (exact) mass is 443 g/mol. The third-order valence-electron chi connectivity index (χ3n) is 6.58. The molecule has 4 rings (SSSR count). The summed E-state index contributed by atoms with van der Waals surface area (Å²) >= 11 is 0. The number of ether oxygens (including phenoxy) is 1. The number of nitrogens with zero attached hydrogens (tertiary/aromatic N) is 2. The Balaban J connectivity index is 1.51. The third kappa shape index (κ3) is 4.68. The quantitative estimate of drug-likeness (QED) is 0.377. The van der Waals surface area contributed by atoms with Gasteiger partial charge in [-0.1, -0.05) is 66.7 Å². The largest absolute Gasteiger partial charge is 0.437 e. The van der Waals surface area contributed by atoms with Gasteiger partial charge in [-0.25, -0.2) is 4.79 Å². The predicted octanol–water partition coefficient (Wildman–Crippen LogP) is 6.53. The summed E-state index contributed by atoms with van der Waals surface area (Å²) in [5.74, 6) is 0. The first-order valence-electron chi connectivity index (χ1n) is 11.4. The topological polar surface area (TPSA) is 49.6 Å². The second kappa shape index (κ2) is 9.18. The second-order valence-electron chi connectivity index (χ2n) is 9.15. The van der Waals surface area contributed by atoms with Crippen LogP contribution in [0.3, 0.4) is 0 Å². The second-order valence-corrected chi connectivity index (χ2v) is 9.15. The summed E-state index contributed by atoms with van der Waals surface area (Å²) in [5, 5.41) is 0. The normalized spacial score (nSPS) is 23.7. The molecule has 0 aromatic heterocycles. The summed E-state index contributed by atoms with van der Waals surface area (Å²) < 4.78 is 7.09. The highest BCUT2D eigenvalue weighted by atomic mass is 16.6. The van der Waals surface area contributed by atoms with E-state index in [1.807, 2.05) is 87.5 Å². The van der Waals surface area contributed by atoms with E-state index < -0.39 is 5.60 Å². The fourth-order valence-corrected chi connectivity index (χ4v) is 4.61. The number of cyclic esters (lactones) is 1. The number of allylic oxidation sites excluding steroid dienone is 2. The summed E-state index contributed by atoms with van der Waals surface area (Å²) in [4.78, 5) is 26.9. The van der Waals surface area contributed by atoms with Gasteiger partial charge in [0.15, 0.2) is 0 Å². The van der Waals surface area contributed by atoms with Crippen LogP contribution in [0, 0.1) is 4.91 Å². The highest BCUT2D eigenvalue weighted by Crippen LogP contribution is 2.41. The SMILES string of the molecule is C=C(C)C[C@]1(c2ccccc2)CCN([C@@H](C)c2ccc(C3=C[N+](=O)C(C)C=C3)cc2)C(=O)O1. The Kier molecular flexibility index (Phi) is 6.32. The molecule has 2 heterocycles. The fraction of sp³-hybridized carbons (Fsp3) is 0.321. The number of nitroso groups, excluding NO2 is 1. The van der Waals surface area contributed by atoms with Crippen molar-refractivity contribution in [2.75, 3.05) is 6.54 Å². The Bertz CT molecular complexity index is 1120. The lowest BCUT2D eigenvalue weighted by Crippen LogP contribution is -2.48. The molecule has 1 amide bonds. The molecule has 1 saturated heterocycles. The average molecular weight is 444 g/mol. The molecule has 3 atom stereocenters.